The third-order valence-corrected chi connectivity index (χ3v) is 1.87. The minimum absolute atomic E-state index is 0.400. The first-order valence-corrected chi connectivity index (χ1v) is 10.4. The molecule has 0 radical (unpaired) electrons. The zero-order valence-corrected chi connectivity index (χ0v) is 16.8. The minimum atomic E-state index is 0.400. The molecule has 0 aromatic heterocycles. The number of halogens is 2. The number of nitrogens with one attached hydrogen (secondary N) is 2. The van der Waals surface area contributed by atoms with E-state index in [1.807, 2.05) is 0 Å². The summed E-state index contributed by atoms with van der Waals surface area (Å²) in [5.74, 6) is 0. The van der Waals surface area contributed by atoms with E-state index in [9.17, 15) is 9.81 Å². The van der Waals surface area contributed by atoms with Crippen molar-refractivity contribution < 1.29 is 20.8 Å². The molecule has 0 amide bonds. The first kappa shape index (κ1) is 25.6. The number of rotatable bonds is 6. The van der Waals surface area contributed by atoms with Gasteiger partial charge in [0.2, 0.25) is 0 Å². The van der Waals surface area contributed by atoms with Crippen LogP contribution in [0.15, 0.2) is 33.1 Å². The number of hydroxylamine groups is 2. The molecule has 0 aromatic carbocycles. The molecule has 0 aliphatic carbocycles. The van der Waals surface area contributed by atoms with Gasteiger partial charge in [-0.15, -0.1) is 9.81 Å². The molecule has 11 heteroatoms. The molecular formula is C10H20Br2CoN4O4. The van der Waals surface area contributed by atoms with E-state index in [1.165, 1.54) is 14.2 Å². The molecule has 2 N–H and O–H groups in total. The molecule has 0 heterocycles. The van der Waals surface area contributed by atoms with Crippen LogP contribution in [0, 0.1) is 9.81 Å². The quantitative estimate of drug-likeness (QED) is 0.442. The Bertz CT molecular complexity index is 322. The van der Waals surface area contributed by atoms with Gasteiger partial charge in [-0.2, -0.15) is 0 Å². The fourth-order valence-corrected chi connectivity index (χ4v) is 0.591. The zero-order valence-electron chi connectivity index (χ0n) is 12.6. The molecule has 0 aromatic rings. The van der Waals surface area contributed by atoms with Crippen LogP contribution >= 0.6 is 28.3 Å². The first-order chi connectivity index (χ1) is 9.85. The fraction of sp³-hybridized carbons (Fsp3) is 0.600. The van der Waals surface area contributed by atoms with Gasteiger partial charge in [0.05, 0.1) is 25.6 Å². The second-order valence-corrected chi connectivity index (χ2v) is 8.52. The predicted molar refractivity (Wildman–Crippen MR) is 86.5 cm³/mol. The zero-order chi connectivity index (χ0) is 17.3. The summed E-state index contributed by atoms with van der Waals surface area (Å²) in [6, 6.07) is 0. The van der Waals surface area contributed by atoms with Gasteiger partial charge in [0.25, 0.3) is 0 Å². The van der Waals surface area contributed by atoms with Gasteiger partial charge in [-0.1, -0.05) is 0 Å². The summed E-state index contributed by atoms with van der Waals surface area (Å²) < 4.78 is 0. The van der Waals surface area contributed by atoms with Crippen molar-refractivity contribution in [2.75, 3.05) is 14.2 Å². The van der Waals surface area contributed by atoms with Crippen molar-refractivity contribution in [2.24, 2.45) is 10.4 Å². The van der Waals surface area contributed by atoms with Crippen LogP contribution in [0.25, 0.3) is 0 Å². The molecule has 0 saturated heterocycles. The maximum absolute atomic E-state index is 9.82. The van der Waals surface area contributed by atoms with E-state index >= 15 is 0 Å². The van der Waals surface area contributed by atoms with Crippen molar-refractivity contribution >= 4 is 28.3 Å². The average Bonchev–Trinajstić information content (AvgIpc) is 2.47. The first-order valence-electron chi connectivity index (χ1n) is 5.29. The van der Waals surface area contributed by atoms with Crippen LogP contribution < -0.4 is 11.0 Å². The molecule has 0 spiro atoms. The number of nitrogens with zero attached hydrogens (tertiary/aromatic N) is 2. The van der Waals surface area contributed by atoms with Crippen molar-refractivity contribution in [1.29, 1.82) is 0 Å². The molecule has 0 rings (SSSR count). The van der Waals surface area contributed by atoms with Crippen LogP contribution in [-0.4, -0.2) is 14.2 Å². The van der Waals surface area contributed by atoms with Gasteiger partial charge >= 0.3 is 39.5 Å². The van der Waals surface area contributed by atoms with Gasteiger partial charge < -0.3 is 0 Å². The summed E-state index contributed by atoms with van der Waals surface area (Å²) in [5, 5.41) is 5.39. The molecule has 0 unspecified atom stereocenters. The van der Waals surface area contributed by atoms with Crippen LogP contribution in [-0.2, 0) is 20.8 Å². The van der Waals surface area contributed by atoms with Crippen LogP contribution in [0.3, 0.4) is 0 Å². The van der Waals surface area contributed by atoms with Crippen molar-refractivity contribution in [3.63, 3.8) is 0 Å². The Morgan fingerprint density at radius 1 is 0.857 bits per heavy atom. The predicted octanol–water partition coefficient (Wildman–Crippen LogP) is 4.00. The molecule has 21 heavy (non-hydrogen) atoms. The molecule has 0 bridgehead atoms. The molecule has 127 valence electrons. The number of hydrogen-bond donors (Lipinski definition) is 2. The van der Waals surface area contributed by atoms with Gasteiger partial charge in [-0.3, -0.25) is 20.6 Å². The van der Waals surface area contributed by atoms with Crippen molar-refractivity contribution in [2.45, 2.75) is 27.7 Å². The Balaban J connectivity index is -0.000000260. The second-order valence-electron chi connectivity index (χ2n) is 3.26. The Morgan fingerprint density at radius 2 is 1.10 bits per heavy atom. The summed E-state index contributed by atoms with van der Waals surface area (Å²) in [6.07, 6.45) is 0. The van der Waals surface area contributed by atoms with Crippen molar-refractivity contribution in [3.05, 3.63) is 32.6 Å². The second kappa shape index (κ2) is 19.7. The SMILES string of the molecule is CONC(C)=C(C)N=O.CONC(C)=C(C)N=O.[Br][Co][Br]. The standard InChI is InChI=1S/2C5H10N2O2.2BrH.Co/c2*1-4(6-8)5(2)7-9-3;;;/h2*7H,1-3H3;2*1H;/q;;;;+2/p-2. The summed E-state index contributed by atoms with van der Waals surface area (Å²) in [4.78, 5) is 28.7. The topological polar surface area (TPSA) is 101 Å². The van der Waals surface area contributed by atoms with Gasteiger partial charge in [0.15, 0.2) is 0 Å². The average molecular weight is 479 g/mol. The number of allylic oxidation sites excluding steroid dienone is 4. The molecule has 0 aliphatic rings. The van der Waals surface area contributed by atoms with E-state index in [-0.39, 0.29) is 0 Å². The Morgan fingerprint density at radius 3 is 1.24 bits per heavy atom. The van der Waals surface area contributed by atoms with E-state index in [4.69, 9.17) is 0 Å². The van der Waals surface area contributed by atoms with E-state index in [2.05, 4.69) is 59.3 Å². The molecule has 0 atom stereocenters. The molecule has 0 aliphatic heterocycles. The third kappa shape index (κ3) is 19.7. The third-order valence-electron chi connectivity index (χ3n) is 1.87. The molecular weight excluding hydrogens is 459 g/mol. The summed E-state index contributed by atoms with van der Waals surface area (Å²) in [6.45, 7) is 6.63. The molecule has 8 nitrogen and oxygen atoms in total. The molecule has 0 fully saturated rings. The van der Waals surface area contributed by atoms with Crippen LogP contribution in [0.5, 0.6) is 0 Å². The normalized spacial score (nSPS) is 11.6. The Hall–Kier alpha value is -0.334. The van der Waals surface area contributed by atoms with Gasteiger partial charge in [-0.25, -0.2) is 0 Å². The van der Waals surface area contributed by atoms with Crippen molar-refractivity contribution in [3.8, 4) is 0 Å². The van der Waals surface area contributed by atoms with Crippen LogP contribution in [0.2, 0.25) is 0 Å². The summed E-state index contributed by atoms with van der Waals surface area (Å²) in [5.41, 5.74) is 7.03. The van der Waals surface area contributed by atoms with Gasteiger partial charge in [-0.05, 0) is 38.0 Å². The summed E-state index contributed by atoms with van der Waals surface area (Å²) in [7, 11) is 2.95. The van der Waals surface area contributed by atoms with E-state index in [1.54, 1.807) is 27.7 Å². The van der Waals surface area contributed by atoms with E-state index in [0.717, 1.165) is 11.1 Å². The fourth-order valence-electron chi connectivity index (χ4n) is 0.591. The maximum atomic E-state index is 9.82. The van der Waals surface area contributed by atoms with Crippen molar-refractivity contribution in [1.82, 2.24) is 11.0 Å². The Labute approximate surface area is 144 Å². The Kier molecular flexibility index (Phi) is 24.0. The number of nitroso groups, excluding NO2 is 2. The van der Waals surface area contributed by atoms with Crippen LogP contribution in [0.1, 0.15) is 27.7 Å². The monoisotopic (exact) mass is 477 g/mol. The molecule has 0 saturated carbocycles. The van der Waals surface area contributed by atoms with Gasteiger partial charge in [0, 0.05) is 0 Å². The van der Waals surface area contributed by atoms with Crippen LogP contribution in [0.4, 0.5) is 0 Å². The van der Waals surface area contributed by atoms with E-state index in [0.29, 0.717) is 22.8 Å². The summed E-state index contributed by atoms with van der Waals surface area (Å²) >= 11 is 7.12. The van der Waals surface area contributed by atoms with E-state index < -0.39 is 0 Å². The number of hydrogen-bond acceptors (Lipinski definition) is 8. The van der Waals surface area contributed by atoms with Gasteiger partial charge in [0.1, 0.15) is 11.4 Å².